The Morgan fingerprint density at radius 1 is 1.24 bits per heavy atom. The summed E-state index contributed by atoms with van der Waals surface area (Å²) >= 11 is 0. The predicted molar refractivity (Wildman–Crippen MR) is 89.7 cm³/mol. The van der Waals surface area contributed by atoms with Gasteiger partial charge in [-0.05, 0) is 30.2 Å². The number of aromatic hydroxyl groups is 1. The molecule has 0 saturated heterocycles. The number of phenolic OH excluding ortho intramolecular Hbond substituents is 1. The number of carbonyl (C=O) groups is 1. The van der Waals surface area contributed by atoms with E-state index in [9.17, 15) is 19.8 Å². The second-order valence-electron chi connectivity index (χ2n) is 5.83. The lowest BCUT2D eigenvalue weighted by Crippen LogP contribution is -2.90. The van der Waals surface area contributed by atoms with Gasteiger partial charge in [0.2, 0.25) is 0 Å². The summed E-state index contributed by atoms with van der Waals surface area (Å²) in [5.74, 6) is -1.26. The molecular weight excluding hydrogens is 322 g/mol. The average Bonchev–Trinajstić information content (AvgIpc) is 2.60. The summed E-state index contributed by atoms with van der Waals surface area (Å²) in [6.07, 6.45) is 0. The van der Waals surface area contributed by atoms with Gasteiger partial charge in [0.15, 0.2) is 5.58 Å². The van der Waals surface area contributed by atoms with Crippen LogP contribution in [-0.4, -0.2) is 17.1 Å². The van der Waals surface area contributed by atoms with Gasteiger partial charge in [-0.25, -0.2) is 4.79 Å². The number of carboxylic acids is 1. The SMILES string of the molecule is C[C@@H]([NH2+]Cc1c(O)ccc2c(-c3ccccc3)cc(=O)oc12)C(=O)[O-]. The van der Waals surface area contributed by atoms with Crippen molar-refractivity contribution in [3.63, 3.8) is 0 Å². The van der Waals surface area contributed by atoms with Crippen molar-refractivity contribution in [2.45, 2.75) is 19.5 Å². The third kappa shape index (κ3) is 3.39. The van der Waals surface area contributed by atoms with Crippen LogP contribution in [0, 0.1) is 0 Å². The van der Waals surface area contributed by atoms with E-state index in [0.717, 1.165) is 5.56 Å². The summed E-state index contributed by atoms with van der Waals surface area (Å²) < 4.78 is 5.33. The Morgan fingerprint density at radius 2 is 1.96 bits per heavy atom. The van der Waals surface area contributed by atoms with Gasteiger partial charge in [-0.1, -0.05) is 30.3 Å². The minimum absolute atomic E-state index is 0.0531. The van der Waals surface area contributed by atoms with Crippen molar-refractivity contribution in [1.29, 1.82) is 0 Å². The van der Waals surface area contributed by atoms with Gasteiger partial charge >= 0.3 is 5.63 Å². The van der Waals surface area contributed by atoms with Crippen LogP contribution in [0.5, 0.6) is 5.75 Å². The van der Waals surface area contributed by atoms with Gasteiger partial charge in [0.05, 0.1) is 11.5 Å². The Labute approximate surface area is 143 Å². The van der Waals surface area contributed by atoms with E-state index in [1.54, 1.807) is 6.07 Å². The number of fused-ring (bicyclic) bond motifs is 1. The van der Waals surface area contributed by atoms with Crippen molar-refractivity contribution in [2.75, 3.05) is 0 Å². The van der Waals surface area contributed by atoms with Gasteiger partial charge in [0.25, 0.3) is 0 Å². The minimum atomic E-state index is -1.20. The lowest BCUT2D eigenvalue weighted by Gasteiger charge is -2.14. The zero-order valence-corrected chi connectivity index (χ0v) is 13.6. The molecule has 6 heteroatoms. The van der Waals surface area contributed by atoms with Gasteiger partial charge < -0.3 is 24.7 Å². The molecule has 1 atom stereocenters. The summed E-state index contributed by atoms with van der Waals surface area (Å²) in [6, 6.07) is 13.2. The van der Waals surface area contributed by atoms with E-state index in [-0.39, 0.29) is 17.9 Å². The Balaban J connectivity index is 2.15. The molecule has 1 aromatic heterocycles. The number of hydrogen-bond acceptors (Lipinski definition) is 5. The molecule has 0 fully saturated rings. The molecule has 0 aliphatic rings. The third-order valence-corrected chi connectivity index (χ3v) is 4.12. The van der Waals surface area contributed by atoms with Crippen molar-refractivity contribution in [2.24, 2.45) is 0 Å². The molecule has 3 rings (SSSR count). The van der Waals surface area contributed by atoms with Crippen LogP contribution in [0.2, 0.25) is 0 Å². The van der Waals surface area contributed by atoms with Crippen LogP contribution >= 0.6 is 0 Å². The predicted octanol–water partition coefficient (Wildman–Crippen LogP) is 0.367. The lowest BCUT2D eigenvalue weighted by atomic mass is 9.99. The van der Waals surface area contributed by atoms with Crippen molar-refractivity contribution < 1.29 is 24.7 Å². The Kier molecular flexibility index (Phi) is 4.54. The molecule has 0 radical (unpaired) electrons. The summed E-state index contributed by atoms with van der Waals surface area (Å²) in [5, 5.41) is 23.2. The highest BCUT2D eigenvalue weighted by Gasteiger charge is 2.17. The molecule has 3 N–H and O–H groups in total. The number of nitrogens with two attached hydrogens (primary N) is 1. The first kappa shape index (κ1) is 16.7. The molecule has 3 aromatic rings. The fourth-order valence-corrected chi connectivity index (χ4v) is 2.72. The number of quaternary nitrogens is 1. The van der Waals surface area contributed by atoms with Crippen molar-refractivity contribution in [1.82, 2.24) is 0 Å². The first-order valence-electron chi connectivity index (χ1n) is 7.85. The molecule has 0 unspecified atom stereocenters. The van der Waals surface area contributed by atoms with Crippen molar-refractivity contribution >= 4 is 16.9 Å². The number of phenols is 1. The summed E-state index contributed by atoms with van der Waals surface area (Å²) in [4.78, 5) is 22.9. The highest BCUT2D eigenvalue weighted by molar-refractivity contribution is 5.95. The monoisotopic (exact) mass is 339 g/mol. The minimum Gasteiger partial charge on any atom is -0.544 e. The fraction of sp³-hybridized carbons (Fsp3) is 0.158. The smallest absolute Gasteiger partial charge is 0.336 e. The second kappa shape index (κ2) is 6.78. The van der Waals surface area contributed by atoms with Crippen LogP contribution in [0.3, 0.4) is 0 Å². The number of hydrogen-bond donors (Lipinski definition) is 2. The number of carbonyl (C=O) groups excluding carboxylic acids is 1. The number of carboxylic acid groups (broad SMARTS) is 1. The molecule has 0 spiro atoms. The average molecular weight is 339 g/mol. The van der Waals surface area contributed by atoms with E-state index < -0.39 is 17.6 Å². The highest BCUT2D eigenvalue weighted by Crippen LogP contribution is 2.32. The first-order chi connectivity index (χ1) is 12.0. The Hall–Kier alpha value is -3.12. The van der Waals surface area contributed by atoms with Gasteiger partial charge in [0, 0.05) is 11.5 Å². The number of benzene rings is 2. The molecular formula is C19H17NO5. The highest BCUT2D eigenvalue weighted by atomic mass is 16.4. The maximum absolute atomic E-state index is 12.0. The Morgan fingerprint density at radius 3 is 2.64 bits per heavy atom. The molecule has 0 aliphatic carbocycles. The number of rotatable bonds is 5. The Bertz CT molecular complexity index is 978. The first-order valence-corrected chi connectivity index (χ1v) is 7.85. The van der Waals surface area contributed by atoms with Gasteiger partial charge in [-0.2, -0.15) is 0 Å². The fourth-order valence-electron chi connectivity index (χ4n) is 2.72. The van der Waals surface area contributed by atoms with Gasteiger partial charge in [-0.3, -0.25) is 0 Å². The molecule has 2 aromatic carbocycles. The van der Waals surface area contributed by atoms with Crippen LogP contribution in [-0.2, 0) is 11.3 Å². The topological polar surface area (TPSA) is 107 Å². The van der Waals surface area contributed by atoms with Crippen LogP contribution < -0.4 is 16.0 Å². The van der Waals surface area contributed by atoms with Crippen LogP contribution in [0.25, 0.3) is 22.1 Å². The van der Waals surface area contributed by atoms with Crippen LogP contribution in [0.15, 0.2) is 57.7 Å². The van der Waals surface area contributed by atoms with E-state index in [4.69, 9.17) is 4.42 Å². The zero-order valence-electron chi connectivity index (χ0n) is 13.6. The summed E-state index contributed by atoms with van der Waals surface area (Å²) in [5.41, 5.74) is 1.64. The van der Waals surface area contributed by atoms with Gasteiger partial charge in [0.1, 0.15) is 18.3 Å². The molecule has 25 heavy (non-hydrogen) atoms. The van der Waals surface area contributed by atoms with Crippen LogP contribution in [0.4, 0.5) is 0 Å². The van der Waals surface area contributed by atoms with Gasteiger partial charge in [-0.15, -0.1) is 0 Å². The quantitative estimate of drug-likeness (QED) is 0.653. The van der Waals surface area contributed by atoms with E-state index in [1.165, 1.54) is 24.4 Å². The third-order valence-electron chi connectivity index (χ3n) is 4.12. The molecule has 6 nitrogen and oxygen atoms in total. The normalized spacial score (nSPS) is 12.2. The maximum atomic E-state index is 12.0. The standard InChI is InChI=1S/C19H17NO5/c1-11(19(23)24)20-10-15-16(21)8-7-13-14(9-17(22)25-18(13)15)12-5-3-2-4-6-12/h2-9,11,20-21H,10H2,1H3,(H,23,24)/t11-/m1/s1. The summed E-state index contributed by atoms with van der Waals surface area (Å²) in [7, 11) is 0. The lowest BCUT2D eigenvalue weighted by molar-refractivity contribution is -0.695. The van der Waals surface area contributed by atoms with E-state index >= 15 is 0 Å². The van der Waals surface area contributed by atoms with Crippen molar-refractivity contribution in [3.05, 3.63) is 64.5 Å². The molecule has 0 aliphatic heterocycles. The largest absolute Gasteiger partial charge is 0.544 e. The summed E-state index contributed by atoms with van der Waals surface area (Å²) in [6.45, 7) is 1.63. The second-order valence-corrected chi connectivity index (χ2v) is 5.83. The van der Waals surface area contributed by atoms with Crippen molar-refractivity contribution in [3.8, 4) is 16.9 Å². The number of aliphatic carboxylic acids is 1. The van der Waals surface area contributed by atoms with Crippen LogP contribution in [0.1, 0.15) is 12.5 Å². The van der Waals surface area contributed by atoms with E-state index in [0.29, 0.717) is 16.5 Å². The molecule has 0 amide bonds. The molecule has 1 heterocycles. The molecule has 128 valence electrons. The molecule has 0 saturated carbocycles. The molecule has 0 bridgehead atoms. The zero-order chi connectivity index (χ0) is 18.0. The maximum Gasteiger partial charge on any atom is 0.336 e. The van der Waals surface area contributed by atoms with E-state index in [1.807, 2.05) is 30.3 Å². The van der Waals surface area contributed by atoms with E-state index in [2.05, 4.69) is 0 Å².